The molecule has 2 aromatic carbocycles. The van der Waals surface area contributed by atoms with Crippen LogP contribution in [0.5, 0.6) is 0 Å². The van der Waals surface area contributed by atoms with Crippen LogP contribution in [0, 0.1) is 0 Å². The largest absolute Gasteiger partial charge is 0.345 e. The van der Waals surface area contributed by atoms with Crippen LogP contribution in [0.1, 0.15) is 45.7 Å². The number of nitrogens with one attached hydrogen (secondary N) is 1. The number of rotatable bonds is 5. The van der Waals surface area contributed by atoms with Crippen LogP contribution in [0.3, 0.4) is 0 Å². The quantitative estimate of drug-likeness (QED) is 0.731. The predicted molar refractivity (Wildman–Crippen MR) is 112 cm³/mol. The van der Waals surface area contributed by atoms with Crippen molar-refractivity contribution in [2.45, 2.75) is 25.8 Å². The predicted octanol–water partition coefficient (Wildman–Crippen LogP) is 3.02. The third kappa shape index (κ3) is 3.66. The molecule has 2 amide bonds. The summed E-state index contributed by atoms with van der Waals surface area (Å²) in [5.74, 6) is -0.0556. The summed E-state index contributed by atoms with van der Waals surface area (Å²) in [5.41, 5.74) is 5.51. The fourth-order valence-electron chi connectivity index (χ4n) is 3.77. The summed E-state index contributed by atoms with van der Waals surface area (Å²) in [7, 11) is 3.64. The minimum absolute atomic E-state index is 0.0924. The van der Waals surface area contributed by atoms with Gasteiger partial charge >= 0.3 is 0 Å². The first kappa shape index (κ1) is 18.9. The fourth-order valence-corrected chi connectivity index (χ4v) is 3.77. The van der Waals surface area contributed by atoms with E-state index in [0.29, 0.717) is 18.4 Å². The van der Waals surface area contributed by atoms with E-state index in [4.69, 9.17) is 0 Å². The van der Waals surface area contributed by atoms with Crippen molar-refractivity contribution in [1.29, 1.82) is 0 Å². The number of amides is 2. The van der Waals surface area contributed by atoms with Crippen LogP contribution in [0.15, 0.2) is 54.7 Å². The monoisotopic (exact) mass is 388 g/mol. The molecule has 6 nitrogen and oxygen atoms in total. The zero-order valence-corrected chi connectivity index (χ0v) is 16.8. The molecule has 0 saturated heterocycles. The second kappa shape index (κ2) is 7.54. The van der Waals surface area contributed by atoms with E-state index >= 15 is 0 Å². The van der Waals surface area contributed by atoms with Crippen LogP contribution in [-0.4, -0.2) is 28.6 Å². The molecule has 0 bridgehead atoms. The highest BCUT2D eigenvalue weighted by molar-refractivity contribution is 6.01. The second-order valence-electron chi connectivity index (χ2n) is 7.50. The van der Waals surface area contributed by atoms with E-state index in [0.717, 1.165) is 28.1 Å². The lowest BCUT2D eigenvalue weighted by molar-refractivity contribution is -0.117. The van der Waals surface area contributed by atoms with Crippen LogP contribution in [0.2, 0.25) is 0 Å². The van der Waals surface area contributed by atoms with Gasteiger partial charge in [-0.25, -0.2) is 0 Å². The molecule has 0 saturated carbocycles. The summed E-state index contributed by atoms with van der Waals surface area (Å²) in [4.78, 5) is 26.6. The molecule has 0 radical (unpaired) electrons. The van der Waals surface area contributed by atoms with Gasteiger partial charge in [-0.1, -0.05) is 42.5 Å². The smallest absolute Gasteiger partial charge is 0.255 e. The van der Waals surface area contributed by atoms with Crippen LogP contribution in [0.4, 0.5) is 5.69 Å². The molecule has 4 rings (SSSR count). The number of carbonyl (C=O) groups is 2. The van der Waals surface area contributed by atoms with E-state index < -0.39 is 0 Å². The van der Waals surface area contributed by atoms with Crippen LogP contribution >= 0.6 is 0 Å². The van der Waals surface area contributed by atoms with Gasteiger partial charge in [-0.15, -0.1) is 0 Å². The van der Waals surface area contributed by atoms with Gasteiger partial charge in [0, 0.05) is 26.2 Å². The number of nitrogens with zero attached hydrogens (tertiary/aromatic N) is 3. The van der Waals surface area contributed by atoms with Crippen molar-refractivity contribution in [3.05, 3.63) is 82.7 Å². The summed E-state index contributed by atoms with van der Waals surface area (Å²) < 4.78 is 1.75. The maximum Gasteiger partial charge on any atom is 0.255 e. The van der Waals surface area contributed by atoms with Crippen molar-refractivity contribution in [2.24, 2.45) is 7.05 Å². The van der Waals surface area contributed by atoms with Crippen LogP contribution in [0.25, 0.3) is 0 Å². The van der Waals surface area contributed by atoms with Crippen molar-refractivity contribution in [2.75, 3.05) is 11.9 Å². The Kier molecular flexibility index (Phi) is 4.92. The van der Waals surface area contributed by atoms with Gasteiger partial charge in [0.05, 0.1) is 29.9 Å². The molecule has 1 aliphatic heterocycles. The molecule has 1 N–H and O–H groups in total. The average Bonchev–Trinajstić information content (AvgIpc) is 3.22. The van der Waals surface area contributed by atoms with E-state index in [1.165, 1.54) is 0 Å². The first-order valence-electron chi connectivity index (χ1n) is 9.69. The average molecular weight is 388 g/mol. The summed E-state index contributed by atoms with van der Waals surface area (Å²) in [6.45, 7) is 1.95. The maximum atomic E-state index is 13.0. The topological polar surface area (TPSA) is 67.2 Å². The van der Waals surface area contributed by atoms with Gasteiger partial charge < -0.3 is 10.2 Å². The number of aromatic nitrogens is 2. The Hall–Kier alpha value is -3.41. The standard InChI is InChI=1S/C23H24N4O2/c1-15(17-9-10-20-18(12-17)13-22(28)26(20)2)25-23(29)19-14-24-27(3)21(19)11-16-7-5-4-6-8-16/h4-10,12,14-15H,11,13H2,1-3H3,(H,25,29). The number of hydrogen-bond acceptors (Lipinski definition) is 3. The Bertz CT molecular complexity index is 1070. The fraction of sp³-hybridized carbons (Fsp3) is 0.261. The third-order valence-corrected chi connectivity index (χ3v) is 5.55. The van der Waals surface area contributed by atoms with Gasteiger partial charge in [0.1, 0.15) is 0 Å². The van der Waals surface area contributed by atoms with E-state index in [1.54, 1.807) is 22.8 Å². The van der Waals surface area contributed by atoms with Gasteiger partial charge in [-0.05, 0) is 29.7 Å². The normalized spacial score (nSPS) is 14.0. The molecule has 6 heteroatoms. The Morgan fingerprint density at radius 3 is 2.69 bits per heavy atom. The van der Waals surface area contributed by atoms with Crippen molar-refractivity contribution < 1.29 is 9.59 Å². The molecule has 2 heterocycles. The molecule has 1 atom stereocenters. The van der Waals surface area contributed by atoms with E-state index in [1.807, 2.05) is 62.5 Å². The molecule has 0 fully saturated rings. The zero-order chi connectivity index (χ0) is 20.5. The molecule has 0 spiro atoms. The highest BCUT2D eigenvalue weighted by Gasteiger charge is 2.25. The van der Waals surface area contributed by atoms with Crippen molar-refractivity contribution >= 4 is 17.5 Å². The summed E-state index contributed by atoms with van der Waals surface area (Å²) >= 11 is 0. The summed E-state index contributed by atoms with van der Waals surface area (Å²) in [6.07, 6.45) is 2.67. The number of benzene rings is 2. The lowest BCUT2D eigenvalue weighted by Gasteiger charge is -2.17. The summed E-state index contributed by atoms with van der Waals surface area (Å²) in [5, 5.41) is 7.37. The first-order chi connectivity index (χ1) is 13.9. The van der Waals surface area contributed by atoms with Crippen molar-refractivity contribution in [3.8, 4) is 0 Å². The molecule has 29 heavy (non-hydrogen) atoms. The number of aryl methyl sites for hydroxylation is 1. The first-order valence-corrected chi connectivity index (χ1v) is 9.69. The molecule has 0 aliphatic carbocycles. The molecule has 1 aliphatic rings. The van der Waals surface area contributed by atoms with Crippen molar-refractivity contribution in [3.63, 3.8) is 0 Å². The van der Waals surface area contributed by atoms with Gasteiger partial charge in [-0.2, -0.15) is 5.10 Å². The minimum Gasteiger partial charge on any atom is -0.345 e. The zero-order valence-electron chi connectivity index (χ0n) is 16.8. The Balaban J connectivity index is 1.52. The lowest BCUT2D eigenvalue weighted by atomic mass is 10.0. The third-order valence-electron chi connectivity index (χ3n) is 5.55. The van der Waals surface area contributed by atoms with Gasteiger partial charge in [0.25, 0.3) is 5.91 Å². The number of anilines is 1. The SMILES string of the molecule is CC(NC(=O)c1cnn(C)c1Cc1ccccc1)c1ccc2c(c1)CC(=O)N2C. The lowest BCUT2D eigenvalue weighted by Crippen LogP contribution is -2.27. The van der Waals surface area contributed by atoms with Gasteiger partial charge in [-0.3, -0.25) is 14.3 Å². The number of fused-ring (bicyclic) bond motifs is 1. The van der Waals surface area contributed by atoms with Crippen molar-refractivity contribution in [1.82, 2.24) is 15.1 Å². The van der Waals surface area contributed by atoms with E-state index in [2.05, 4.69) is 10.4 Å². The van der Waals surface area contributed by atoms with Crippen LogP contribution in [-0.2, 0) is 24.7 Å². The number of carbonyl (C=O) groups excluding carboxylic acids is 2. The highest BCUT2D eigenvalue weighted by atomic mass is 16.2. The molecule has 1 unspecified atom stereocenters. The van der Waals surface area contributed by atoms with E-state index in [-0.39, 0.29) is 17.9 Å². The molecular weight excluding hydrogens is 364 g/mol. The molecule has 3 aromatic rings. The summed E-state index contributed by atoms with van der Waals surface area (Å²) in [6, 6.07) is 15.8. The number of likely N-dealkylation sites (N-methyl/N-ethyl adjacent to an activating group) is 1. The molecular formula is C23H24N4O2. The molecule has 1 aromatic heterocycles. The number of hydrogen-bond donors (Lipinski definition) is 1. The highest BCUT2D eigenvalue weighted by Crippen LogP contribution is 2.30. The maximum absolute atomic E-state index is 13.0. The van der Waals surface area contributed by atoms with Crippen LogP contribution < -0.4 is 10.2 Å². The Morgan fingerprint density at radius 1 is 1.17 bits per heavy atom. The Labute approximate surface area is 170 Å². The second-order valence-corrected chi connectivity index (χ2v) is 7.50. The van der Waals surface area contributed by atoms with Gasteiger partial charge in [0.15, 0.2) is 0 Å². The minimum atomic E-state index is -0.182. The van der Waals surface area contributed by atoms with Gasteiger partial charge in [0.2, 0.25) is 5.91 Å². The Morgan fingerprint density at radius 2 is 1.93 bits per heavy atom. The molecule has 148 valence electrons. The van der Waals surface area contributed by atoms with E-state index in [9.17, 15) is 9.59 Å².